The monoisotopic (exact) mass is 380 g/mol. The summed E-state index contributed by atoms with van der Waals surface area (Å²) in [6.07, 6.45) is 8.46. The van der Waals surface area contributed by atoms with Gasteiger partial charge >= 0.3 is 5.63 Å². The van der Waals surface area contributed by atoms with Crippen LogP contribution >= 0.6 is 0 Å². The van der Waals surface area contributed by atoms with Gasteiger partial charge in [-0.05, 0) is 50.0 Å². The molecule has 3 atom stereocenters. The molecule has 1 aliphatic heterocycles. The third kappa shape index (κ3) is 3.50. The summed E-state index contributed by atoms with van der Waals surface area (Å²) in [6.45, 7) is 0.803. The SMILES string of the molecule is O=c1oc2c(c(O)c1C(c1ccccc1)C1CC1)CCCCCC2CC1CO1. The Morgan fingerprint density at radius 1 is 1.07 bits per heavy atom. The third-order valence-electron chi connectivity index (χ3n) is 6.62. The Hall–Kier alpha value is -2.07. The van der Waals surface area contributed by atoms with Gasteiger partial charge in [0.25, 0.3) is 0 Å². The Bertz CT molecular complexity index is 893. The minimum Gasteiger partial charge on any atom is -0.507 e. The van der Waals surface area contributed by atoms with E-state index in [2.05, 4.69) is 12.1 Å². The minimum absolute atomic E-state index is 0.0709. The van der Waals surface area contributed by atoms with Crippen LogP contribution < -0.4 is 5.63 Å². The first kappa shape index (κ1) is 18.0. The Kier molecular flexibility index (Phi) is 4.75. The van der Waals surface area contributed by atoms with Crippen molar-refractivity contribution in [3.8, 4) is 5.75 Å². The van der Waals surface area contributed by atoms with Gasteiger partial charge in [-0.1, -0.05) is 43.2 Å². The van der Waals surface area contributed by atoms with E-state index in [1.165, 1.54) is 0 Å². The van der Waals surface area contributed by atoms with Crippen molar-refractivity contribution < 1.29 is 14.3 Å². The highest BCUT2D eigenvalue weighted by Crippen LogP contribution is 2.49. The Morgan fingerprint density at radius 2 is 1.86 bits per heavy atom. The predicted octanol–water partition coefficient (Wildman–Crippen LogP) is 4.88. The summed E-state index contributed by atoms with van der Waals surface area (Å²) in [5, 5.41) is 11.3. The molecule has 1 aromatic heterocycles. The molecule has 0 spiro atoms. The number of fused-ring (bicyclic) bond motifs is 1. The first-order valence-corrected chi connectivity index (χ1v) is 10.8. The fourth-order valence-electron chi connectivity index (χ4n) is 4.95. The smallest absolute Gasteiger partial charge is 0.343 e. The van der Waals surface area contributed by atoms with Crippen LogP contribution in [-0.2, 0) is 11.2 Å². The molecule has 1 saturated heterocycles. The van der Waals surface area contributed by atoms with Crippen molar-refractivity contribution in [3.63, 3.8) is 0 Å². The van der Waals surface area contributed by atoms with Crippen molar-refractivity contribution in [1.82, 2.24) is 0 Å². The van der Waals surface area contributed by atoms with Gasteiger partial charge in [0.15, 0.2) is 0 Å². The highest BCUT2D eigenvalue weighted by atomic mass is 16.6. The van der Waals surface area contributed by atoms with Gasteiger partial charge in [-0.3, -0.25) is 0 Å². The lowest BCUT2D eigenvalue weighted by molar-refractivity contribution is 0.319. The number of rotatable bonds is 5. The van der Waals surface area contributed by atoms with Crippen molar-refractivity contribution in [1.29, 1.82) is 0 Å². The van der Waals surface area contributed by atoms with Crippen LogP contribution in [-0.4, -0.2) is 17.8 Å². The number of hydrogen-bond acceptors (Lipinski definition) is 4. The highest BCUT2D eigenvalue weighted by Gasteiger charge is 2.39. The van der Waals surface area contributed by atoms with Crippen LogP contribution in [0, 0.1) is 5.92 Å². The first-order chi connectivity index (χ1) is 13.7. The number of epoxide rings is 1. The van der Waals surface area contributed by atoms with Crippen molar-refractivity contribution in [2.45, 2.75) is 69.3 Å². The van der Waals surface area contributed by atoms with Gasteiger partial charge in [-0.15, -0.1) is 0 Å². The summed E-state index contributed by atoms with van der Waals surface area (Å²) >= 11 is 0. The van der Waals surface area contributed by atoms with E-state index in [-0.39, 0.29) is 29.3 Å². The topological polar surface area (TPSA) is 63.0 Å². The zero-order valence-corrected chi connectivity index (χ0v) is 16.2. The van der Waals surface area contributed by atoms with Crippen LogP contribution in [0.25, 0.3) is 0 Å². The summed E-state index contributed by atoms with van der Waals surface area (Å²) in [5.74, 6) is 1.45. The Morgan fingerprint density at radius 3 is 2.57 bits per heavy atom. The summed E-state index contributed by atoms with van der Waals surface area (Å²) in [5.41, 5.74) is 2.11. The molecule has 0 amide bonds. The van der Waals surface area contributed by atoms with Crippen molar-refractivity contribution in [2.75, 3.05) is 6.61 Å². The molecule has 3 aliphatic rings. The second kappa shape index (κ2) is 7.40. The molecule has 1 saturated carbocycles. The van der Waals surface area contributed by atoms with Gasteiger partial charge in [-0.25, -0.2) is 4.79 Å². The maximum absolute atomic E-state index is 13.1. The lowest BCUT2D eigenvalue weighted by Gasteiger charge is -2.25. The molecule has 0 radical (unpaired) electrons. The summed E-state index contributed by atoms with van der Waals surface area (Å²) in [4.78, 5) is 13.1. The fourth-order valence-corrected chi connectivity index (χ4v) is 4.95. The molecule has 148 valence electrons. The van der Waals surface area contributed by atoms with Crippen molar-refractivity contribution >= 4 is 0 Å². The molecule has 2 heterocycles. The van der Waals surface area contributed by atoms with Crippen molar-refractivity contribution in [3.05, 3.63) is 63.2 Å². The van der Waals surface area contributed by atoms with Gasteiger partial charge in [0.1, 0.15) is 11.5 Å². The average Bonchev–Trinajstić information content (AvgIpc) is 3.59. The van der Waals surface area contributed by atoms with Gasteiger partial charge in [0.2, 0.25) is 0 Å². The lowest BCUT2D eigenvalue weighted by atomic mass is 9.83. The molecule has 28 heavy (non-hydrogen) atoms. The van der Waals surface area contributed by atoms with Gasteiger partial charge in [0, 0.05) is 17.4 Å². The average molecular weight is 380 g/mol. The normalized spacial score (nSPS) is 25.4. The zero-order chi connectivity index (χ0) is 19.1. The molecule has 1 aromatic carbocycles. The molecule has 1 N–H and O–H groups in total. The molecular formula is C24H28O4. The van der Waals surface area contributed by atoms with Crippen LogP contribution in [0.3, 0.4) is 0 Å². The van der Waals surface area contributed by atoms with E-state index in [1.807, 2.05) is 18.2 Å². The minimum atomic E-state index is -0.348. The third-order valence-corrected chi connectivity index (χ3v) is 6.62. The van der Waals surface area contributed by atoms with E-state index in [1.54, 1.807) is 0 Å². The van der Waals surface area contributed by atoms with E-state index < -0.39 is 0 Å². The highest BCUT2D eigenvalue weighted by molar-refractivity contribution is 5.47. The van der Waals surface area contributed by atoms with Gasteiger partial charge < -0.3 is 14.3 Å². The lowest BCUT2D eigenvalue weighted by Crippen LogP contribution is -2.20. The summed E-state index contributed by atoms with van der Waals surface area (Å²) in [6, 6.07) is 10.1. The molecule has 2 aliphatic carbocycles. The quantitative estimate of drug-likeness (QED) is 0.751. The second-order valence-corrected chi connectivity index (χ2v) is 8.71. The van der Waals surface area contributed by atoms with Crippen molar-refractivity contribution in [2.24, 2.45) is 5.92 Å². The van der Waals surface area contributed by atoms with Crippen LogP contribution in [0.2, 0.25) is 0 Å². The van der Waals surface area contributed by atoms with E-state index in [4.69, 9.17) is 9.15 Å². The molecule has 2 fully saturated rings. The molecule has 5 rings (SSSR count). The van der Waals surface area contributed by atoms with Crippen LogP contribution in [0.4, 0.5) is 0 Å². The number of benzene rings is 1. The molecule has 4 nitrogen and oxygen atoms in total. The molecule has 3 unspecified atom stereocenters. The molecule has 0 bridgehead atoms. The Labute approximate surface area is 165 Å². The van der Waals surface area contributed by atoms with E-state index in [9.17, 15) is 9.90 Å². The van der Waals surface area contributed by atoms with Crippen LogP contribution in [0.5, 0.6) is 5.75 Å². The molecule has 4 heteroatoms. The molecule has 2 aromatic rings. The number of aromatic hydroxyl groups is 1. The standard InChI is InChI=1S/C24H28O4/c25-22-19-10-6-2-5-9-17(13-18-14-27-18)23(19)28-24(26)21(22)20(16-11-12-16)15-7-3-1-4-8-15/h1,3-4,7-8,16-18,20,25H,2,5-6,9-14H2. The van der Waals surface area contributed by atoms with E-state index in [0.717, 1.165) is 74.9 Å². The summed E-state index contributed by atoms with van der Waals surface area (Å²) in [7, 11) is 0. The number of ether oxygens (including phenoxy) is 1. The zero-order valence-electron chi connectivity index (χ0n) is 16.2. The second-order valence-electron chi connectivity index (χ2n) is 8.71. The summed E-state index contributed by atoms with van der Waals surface area (Å²) < 4.78 is 11.4. The maximum atomic E-state index is 13.1. The number of hydrogen-bond donors (Lipinski definition) is 1. The van der Waals surface area contributed by atoms with Crippen LogP contribution in [0.1, 0.15) is 79.2 Å². The first-order valence-electron chi connectivity index (χ1n) is 10.8. The van der Waals surface area contributed by atoms with Gasteiger partial charge in [0.05, 0.1) is 18.3 Å². The van der Waals surface area contributed by atoms with E-state index in [0.29, 0.717) is 11.5 Å². The Balaban J connectivity index is 1.61. The van der Waals surface area contributed by atoms with E-state index >= 15 is 0 Å². The predicted molar refractivity (Wildman–Crippen MR) is 107 cm³/mol. The maximum Gasteiger partial charge on any atom is 0.343 e. The van der Waals surface area contributed by atoms with Gasteiger partial charge in [-0.2, -0.15) is 0 Å². The van der Waals surface area contributed by atoms with Crippen LogP contribution in [0.15, 0.2) is 39.5 Å². The fraction of sp³-hybridized carbons (Fsp3) is 0.542. The largest absolute Gasteiger partial charge is 0.507 e. The molecular weight excluding hydrogens is 352 g/mol.